The molecule has 0 spiro atoms. The van der Waals surface area contributed by atoms with Gasteiger partial charge < -0.3 is 24.3 Å². The third-order valence-corrected chi connectivity index (χ3v) is 5.86. The van der Waals surface area contributed by atoms with Crippen LogP contribution < -0.4 is 10.8 Å². The number of likely N-dealkylation sites (tertiary alicyclic amines) is 1. The normalized spacial score (nSPS) is 22.8. The summed E-state index contributed by atoms with van der Waals surface area (Å²) < 4.78 is 17.5. The van der Waals surface area contributed by atoms with Crippen LogP contribution in [0.4, 0.5) is 4.79 Å². The van der Waals surface area contributed by atoms with Crippen LogP contribution in [0, 0.1) is 0 Å². The number of benzene rings is 1. The molecule has 1 atom stereocenters. The fourth-order valence-electron chi connectivity index (χ4n) is 3.52. The summed E-state index contributed by atoms with van der Waals surface area (Å²) in [5, 5.41) is 2.85. The molecular formula is C22H33BN2O5. The van der Waals surface area contributed by atoms with Crippen LogP contribution in [-0.4, -0.2) is 60.0 Å². The fourth-order valence-corrected chi connectivity index (χ4v) is 3.52. The molecule has 2 fully saturated rings. The molecule has 164 valence electrons. The Kier molecular flexibility index (Phi) is 5.95. The number of rotatable bonds is 3. The Morgan fingerprint density at radius 2 is 1.80 bits per heavy atom. The van der Waals surface area contributed by atoms with Crippen molar-refractivity contribution in [2.45, 2.75) is 77.7 Å². The highest BCUT2D eigenvalue weighted by atomic mass is 16.7. The van der Waals surface area contributed by atoms with Crippen molar-refractivity contribution >= 4 is 24.6 Å². The first-order chi connectivity index (χ1) is 13.8. The van der Waals surface area contributed by atoms with Gasteiger partial charge in [0.2, 0.25) is 0 Å². The Labute approximate surface area is 179 Å². The lowest BCUT2D eigenvalue weighted by Gasteiger charge is -2.32. The Balaban J connectivity index is 1.63. The van der Waals surface area contributed by atoms with Gasteiger partial charge in [-0.25, -0.2) is 4.79 Å². The van der Waals surface area contributed by atoms with Gasteiger partial charge in [0.1, 0.15) is 5.60 Å². The molecule has 2 heterocycles. The van der Waals surface area contributed by atoms with Gasteiger partial charge in [0.15, 0.2) is 0 Å². The van der Waals surface area contributed by atoms with Gasteiger partial charge in [-0.05, 0) is 72.5 Å². The molecule has 2 amide bonds. The predicted molar refractivity (Wildman–Crippen MR) is 116 cm³/mol. The van der Waals surface area contributed by atoms with Crippen LogP contribution in [0.2, 0.25) is 0 Å². The summed E-state index contributed by atoms with van der Waals surface area (Å²) in [6.45, 7) is 14.5. The lowest BCUT2D eigenvalue weighted by Crippen LogP contribution is -2.41. The van der Waals surface area contributed by atoms with E-state index in [1.165, 1.54) is 0 Å². The lowest BCUT2D eigenvalue weighted by molar-refractivity contribution is 0.00578. The van der Waals surface area contributed by atoms with E-state index in [1.807, 2.05) is 66.7 Å². The highest BCUT2D eigenvalue weighted by Gasteiger charge is 2.51. The van der Waals surface area contributed by atoms with Crippen molar-refractivity contribution in [3.63, 3.8) is 0 Å². The number of carbonyl (C=O) groups excluding carboxylic acids is 2. The summed E-state index contributed by atoms with van der Waals surface area (Å²) in [7, 11) is -0.511. The summed E-state index contributed by atoms with van der Waals surface area (Å²) in [6, 6.07) is 7.27. The smallest absolute Gasteiger partial charge is 0.444 e. The van der Waals surface area contributed by atoms with Crippen molar-refractivity contribution < 1.29 is 23.6 Å². The molecule has 3 rings (SSSR count). The Morgan fingerprint density at radius 1 is 1.17 bits per heavy atom. The minimum Gasteiger partial charge on any atom is -0.444 e. The van der Waals surface area contributed by atoms with Crippen LogP contribution in [0.15, 0.2) is 24.3 Å². The van der Waals surface area contributed by atoms with Crippen molar-refractivity contribution in [1.82, 2.24) is 10.2 Å². The SMILES string of the molecule is CC(C)(C)OC(=O)N[C@H]1CCN(C(=O)c2cccc(B3OC(C)(C)C(C)(C)O3)c2)C1. The first-order valence-corrected chi connectivity index (χ1v) is 10.5. The first-order valence-electron chi connectivity index (χ1n) is 10.5. The van der Waals surface area contributed by atoms with Crippen LogP contribution in [0.3, 0.4) is 0 Å². The molecule has 2 saturated heterocycles. The maximum atomic E-state index is 13.0. The number of carbonyl (C=O) groups is 2. The van der Waals surface area contributed by atoms with E-state index in [9.17, 15) is 9.59 Å². The zero-order chi connectivity index (χ0) is 22.3. The molecule has 0 bridgehead atoms. The number of hydrogen-bond acceptors (Lipinski definition) is 5. The molecule has 8 heteroatoms. The van der Waals surface area contributed by atoms with Crippen LogP contribution in [0.5, 0.6) is 0 Å². The van der Waals surface area contributed by atoms with Gasteiger partial charge in [0, 0.05) is 18.7 Å². The minimum absolute atomic E-state index is 0.0677. The molecule has 0 aliphatic carbocycles. The number of nitrogens with one attached hydrogen (secondary N) is 1. The number of alkyl carbamates (subject to hydrolysis) is 1. The quantitative estimate of drug-likeness (QED) is 0.767. The van der Waals surface area contributed by atoms with Crippen LogP contribution >= 0.6 is 0 Å². The van der Waals surface area contributed by atoms with E-state index < -0.39 is 30.0 Å². The third-order valence-electron chi connectivity index (χ3n) is 5.86. The van der Waals surface area contributed by atoms with Crippen LogP contribution in [0.1, 0.15) is 65.2 Å². The number of amides is 2. The van der Waals surface area contributed by atoms with Gasteiger partial charge in [-0.2, -0.15) is 0 Å². The van der Waals surface area contributed by atoms with Gasteiger partial charge >= 0.3 is 13.2 Å². The van der Waals surface area contributed by atoms with E-state index >= 15 is 0 Å². The van der Waals surface area contributed by atoms with Crippen molar-refractivity contribution in [3.8, 4) is 0 Å². The topological polar surface area (TPSA) is 77.1 Å². The van der Waals surface area contributed by atoms with Crippen molar-refractivity contribution in [2.75, 3.05) is 13.1 Å². The second-order valence-corrected chi connectivity index (χ2v) is 10.1. The van der Waals surface area contributed by atoms with Crippen LogP contribution in [-0.2, 0) is 14.0 Å². The van der Waals surface area contributed by atoms with Crippen molar-refractivity contribution in [2.24, 2.45) is 0 Å². The zero-order valence-corrected chi connectivity index (χ0v) is 19.1. The molecule has 1 aromatic carbocycles. The average Bonchev–Trinajstić information content (AvgIpc) is 3.14. The molecule has 0 saturated carbocycles. The van der Waals surface area contributed by atoms with Gasteiger partial charge in [-0.15, -0.1) is 0 Å². The lowest BCUT2D eigenvalue weighted by atomic mass is 9.78. The van der Waals surface area contributed by atoms with E-state index in [4.69, 9.17) is 14.0 Å². The Morgan fingerprint density at radius 3 is 2.40 bits per heavy atom. The summed E-state index contributed by atoms with van der Waals surface area (Å²) in [6.07, 6.45) is 0.242. The molecule has 0 radical (unpaired) electrons. The summed E-state index contributed by atoms with van der Waals surface area (Å²) >= 11 is 0. The Bertz CT molecular complexity index is 802. The van der Waals surface area contributed by atoms with Gasteiger partial charge in [-0.1, -0.05) is 12.1 Å². The zero-order valence-electron chi connectivity index (χ0n) is 19.1. The average molecular weight is 416 g/mol. The molecule has 2 aliphatic heterocycles. The number of hydrogen-bond donors (Lipinski definition) is 1. The maximum absolute atomic E-state index is 13.0. The second kappa shape index (κ2) is 7.89. The molecule has 1 aromatic rings. The van der Waals surface area contributed by atoms with Gasteiger partial charge in [0.25, 0.3) is 5.91 Å². The largest absolute Gasteiger partial charge is 0.494 e. The second-order valence-electron chi connectivity index (χ2n) is 10.1. The fraction of sp³-hybridized carbons (Fsp3) is 0.636. The number of nitrogens with zero attached hydrogens (tertiary/aromatic N) is 1. The van der Waals surface area contributed by atoms with Crippen molar-refractivity contribution in [3.05, 3.63) is 29.8 Å². The molecule has 0 unspecified atom stereocenters. The highest BCUT2D eigenvalue weighted by molar-refractivity contribution is 6.62. The first kappa shape index (κ1) is 22.6. The van der Waals surface area contributed by atoms with E-state index in [2.05, 4.69) is 5.32 Å². The monoisotopic (exact) mass is 416 g/mol. The summed E-state index contributed by atoms with van der Waals surface area (Å²) in [4.78, 5) is 26.8. The summed E-state index contributed by atoms with van der Waals surface area (Å²) in [5.41, 5.74) is -0.0192. The van der Waals surface area contributed by atoms with Gasteiger partial charge in [-0.3, -0.25) is 4.79 Å². The van der Waals surface area contributed by atoms with Gasteiger partial charge in [0.05, 0.1) is 17.2 Å². The third kappa shape index (κ3) is 4.98. The molecular weight excluding hydrogens is 383 g/mol. The van der Waals surface area contributed by atoms with Crippen LogP contribution in [0.25, 0.3) is 0 Å². The molecule has 0 aromatic heterocycles. The molecule has 30 heavy (non-hydrogen) atoms. The standard InChI is InChI=1S/C22H33BN2O5/c1-20(2,3)28-19(27)24-17-11-12-25(14-17)18(26)15-9-8-10-16(13-15)23-29-21(4,5)22(6,7)30-23/h8-10,13,17H,11-12,14H2,1-7H3,(H,24,27)/t17-/m0/s1. The molecule has 2 aliphatic rings. The minimum atomic E-state index is -0.549. The molecule has 1 N–H and O–H groups in total. The Hall–Kier alpha value is -2.06. The van der Waals surface area contributed by atoms with E-state index in [0.29, 0.717) is 25.1 Å². The predicted octanol–water partition coefficient (Wildman–Crippen LogP) is 2.73. The van der Waals surface area contributed by atoms with E-state index in [-0.39, 0.29) is 11.9 Å². The number of ether oxygens (including phenoxy) is 1. The van der Waals surface area contributed by atoms with Crippen molar-refractivity contribution in [1.29, 1.82) is 0 Å². The highest BCUT2D eigenvalue weighted by Crippen LogP contribution is 2.36. The van der Waals surface area contributed by atoms with E-state index in [1.54, 1.807) is 11.0 Å². The molecule has 7 nitrogen and oxygen atoms in total. The van der Waals surface area contributed by atoms with E-state index in [0.717, 1.165) is 5.46 Å². The maximum Gasteiger partial charge on any atom is 0.494 e. The summed E-state index contributed by atoms with van der Waals surface area (Å²) in [5.74, 6) is -0.0677.